The predicted octanol–water partition coefficient (Wildman–Crippen LogP) is -2.83. The summed E-state index contributed by atoms with van der Waals surface area (Å²) in [5.74, 6) is -0.685. The van der Waals surface area contributed by atoms with Crippen molar-refractivity contribution in [1.29, 1.82) is 0 Å². The second kappa shape index (κ2) is 6.39. The quantitative estimate of drug-likeness (QED) is 0.330. The van der Waals surface area contributed by atoms with Crippen molar-refractivity contribution in [3.63, 3.8) is 0 Å². The van der Waals surface area contributed by atoms with E-state index in [2.05, 4.69) is 4.52 Å². The van der Waals surface area contributed by atoms with Gasteiger partial charge in [-0.25, -0.2) is 0 Å². The molecule has 2 rings (SSSR count). The number of nitrogens with two attached hydrogens (primary N) is 1. The average Bonchev–Trinajstić information content (AvgIpc) is 2.72. The first kappa shape index (κ1) is 17.0. The summed E-state index contributed by atoms with van der Waals surface area (Å²) in [7, 11) is -4.97. The van der Waals surface area contributed by atoms with Crippen molar-refractivity contribution < 1.29 is 43.2 Å². The lowest BCUT2D eigenvalue weighted by Gasteiger charge is -2.19. The molecule has 0 aromatic carbocycles. The molecule has 1 aliphatic rings. The number of pyridine rings is 1. The molecule has 1 amide bonds. The van der Waals surface area contributed by atoms with Crippen LogP contribution in [0.4, 0.5) is 0 Å². The van der Waals surface area contributed by atoms with Crippen molar-refractivity contribution in [3.05, 3.63) is 30.1 Å². The van der Waals surface area contributed by atoms with E-state index in [1.54, 1.807) is 0 Å². The van der Waals surface area contributed by atoms with Crippen LogP contribution in [0.25, 0.3) is 0 Å². The SMILES string of the molecule is NC(=O)c1ccc[n+]([C@H]2O[C@H](COP(=O)([O-])O)[C@@H](O)[C@H]2O)c1. The average molecular weight is 334 g/mol. The Kier molecular flexibility index (Phi) is 4.93. The first-order chi connectivity index (χ1) is 10.2. The van der Waals surface area contributed by atoms with Crippen LogP contribution in [0.5, 0.6) is 0 Å². The molecule has 2 heterocycles. The lowest BCUT2D eigenvalue weighted by molar-refractivity contribution is -0.765. The molecule has 1 aromatic rings. The zero-order valence-corrected chi connectivity index (χ0v) is 12.1. The number of aliphatic hydroxyl groups is 2. The Bertz CT molecular complexity index is 606. The number of nitrogens with zero attached hydrogens (tertiary/aromatic N) is 1. The minimum Gasteiger partial charge on any atom is -0.756 e. The smallest absolute Gasteiger partial charge is 0.292 e. The zero-order valence-electron chi connectivity index (χ0n) is 11.2. The predicted molar refractivity (Wildman–Crippen MR) is 66.9 cm³/mol. The van der Waals surface area contributed by atoms with E-state index in [1.807, 2.05) is 0 Å². The Labute approximate surface area is 124 Å². The molecule has 5 atom stereocenters. The topological polar surface area (TPSA) is 166 Å². The minimum atomic E-state index is -4.97. The van der Waals surface area contributed by atoms with Gasteiger partial charge in [0.05, 0.1) is 6.61 Å². The molecule has 1 fully saturated rings. The third-order valence-electron chi connectivity index (χ3n) is 3.14. The van der Waals surface area contributed by atoms with Gasteiger partial charge >= 0.3 is 0 Å². The van der Waals surface area contributed by atoms with Crippen LogP contribution in [-0.2, 0) is 13.8 Å². The Balaban J connectivity index is 2.14. The number of primary amides is 1. The fourth-order valence-electron chi connectivity index (χ4n) is 2.08. The normalized spacial score (nSPS) is 30.9. The number of phosphoric ester groups is 1. The molecular weight excluding hydrogens is 319 g/mol. The van der Waals surface area contributed by atoms with E-state index in [1.165, 1.54) is 29.1 Å². The number of aliphatic hydroxyl groups excluding tert-OH is 2. The monoisotopic (exact) mass is 334 g/mol. The maximum absolute atomic E-state index is 11.1. The van der Waals surface area contributed by atoms with Crippen molar-refractivity contribution in [3.8, 4) is 0 Å². The van der Waals surface area contributed by atoms with Crippen molar-refractivity contribution >= 4 is 13.7 Å². The van der Waals surface area contributed by atoms with Crippen LogP contribution in [-0.4, -0.2) is 45.9 Å². The van der Waals surface area contributed by atoms with Gasteiger partial charge in [-0.15, -0.1) is 0 Å². The molecule has 1 unspecified atom stereocenters. The van der Waals surface area contributed by atoms with Crippen molar-refractivity contribution in [2.24, 2.45) is 5.73 Å². The third kappa shape index (κ3) is 3.87. The number of rotatable bonds is 5. The van der Waals surface area contributed by atoms with Gasteiger partial charge in [0.25, 0.3) is 20.0 Å². The highest BCUT2D eigenvalue weighted by Crippen LogP contribution is 2.33. The van der Waals surface area contributed by atoms with Crippen LogP contribution in [0.1, 0.15) is 16.6 Å². The van der Waals surface area contributed by atoms with Crippen LogP contribution in [0.3, 0.4) is 0 Å². The molecule has 1 aliphatic heterocycles. The van der Waals surface area contributed by atoms with E-state index in [4.69, 9.17) is 15.4 Å². The zero-order chi connectivity index (χ0) is 16.5. The van der Waals surface area contributed by atoms with Crippen LogP contribution in [0.15, 0.2) is 24.5 Å². The van der Waals surface area contributed by atoms with Gasteiger partial charge < -0.3 is 35.0 Å². The van der Waals surface area contributed by atoms with Gasteiger partial charge in [-0.1, -0.05) is 0 Å². The maximum Gasteiger partial charge on any atom is 0.292 e. The lowest BCUT2D eigenvalue weighted by atomic mass is 10.1. The summed E-state index contributed by atoms with van der Waals surface area (Å²) in [6, 6.07) is 2.95. The first-order valence-corrected chi connectivity index (χ1v) is 7.69. The largest absolute Gasteiger partial charge is 0.756 e. The van der Waals surface area contributed by atoms with Crippen LogP contribution < -0.4 is 15.2 Å². The van der Waals surface area contributed by atoms with E-state index < -0.39 is 44.9 Å². The van der Waals surface area contributed by atoms with Gasteiger partial charge in [0.15, 0.2) is 18.5 Å². The molecular formula is C11H15N2O8P. The first-order valence-electron chi connectivity index (χ1n) is 6.19. The molecule has 10 nitrogen and oxygen atoms in total. The maximum atomic E-state index is 11.1. The Morgan fingerprint density at radius 2 is 2.18 bits per heavy atom. The highest BCUT2D eigenvalue weighted by Gasteiger charge is 2.48. The van der Waals surface area contributed by atoms with E-state index in [9.17, 15) is 24.5 Å². The van der Waals surface area contributed by atoms with Crippen LogP contribution in [0.2, 0.25) is 0 Å². The van der Waals surface area contributed by atoms with Gasteiger partial charge in [-0.2, -0.15) is 4.57 Å². The standard InChI is InChI=1S/C11H15N2O8P/c12-10(16)6-2-1-3-13(4-6)11-9(15)8(14)7(21-11)5-20-22(17,18)19/h1-4,7-9,11,14-15H,5H2,(H3-,12,16,17,18,19)/t7-,8-,9-,11+/m1/s1. The Hall–Kier alpha value is -1.39. The second-order valence-electron chi connectivity index (χ2n) is 4.71. The summed E-state index contributed by atoms with van der Waals surface area (Å²) in [5.41, 5.74) is 5.31. The van der Waals surface area contributed by atoms with Gasteiger partial charge in [0.1, 0.15) is 17.8 Å². The van der Waals surface area contributed by atoms with E-state index in [0.717, 1.165) is 0 Å². The summed E-state index contributed by atoms with van der Waals surface area (Å²) >= 11 is 0. The van der Waals surface area contributed by atoms with E-state index in [0.29, 0.717) is 0 Å². The number of ether oxygens (including phenoxy) is 1. The molecule has 0 bridgehead atoms. The summed E-state index contributed by atoms with van der Waals surface area (Å²) in [6.45, 7) is -0.665. The molecule has 0 spiro atoms. The summed E-state index contributed by atoms with van der Waals surface area (Å²) in [5, 5.41) is 19.8. The van der Waals surface area contributed by atoms with Crippen LogP contribution >= 0.6 is 7.82 Å². The molecule has 122 valence electrons. The molecule has 1 saturated heterocycles. The molecule has 1 aromatic heterocycles. The fourth-order valence-corrected chi connectivity index (χ4v) is 2.41. The molecule has 5 N–H and O–H groups in total. The van der Waals surface area contributed by atoms with Crippen LogP contribution in [0, 0.1) is 0 Å². The summed E-state index contributed by atoms with van der Waals surface area (Å²) < 4.78 is 21.3. The van der Waals surface area contributed by atoms with Gasteiger partial charge in [0.2, 0.25) is 0 Å². The number of aromatic nitrogens is 1. The Morgan fingerprint density at radius 3 is 2.77 bits per heavy atom. The molecule has 0 aliphatic carbocycles. The lowest BCUT2D eigenvalue weighted by Crippen LogP contribution is -2.46. The van der Waals surface area contributed by atoms with E-state index >= 15 is 0 Å². The highest BCUT2D eigenvalue weighted by atomic mass is 31.2. The number of phosphoric acid groups is 1. The van der Waals surface area contributed by atoms with Gasteiger partial charge in [0, 0.05) is 6.07 Å². The molecule has 11 heteroatoms. The third-order valence-corrected chi connectivity index (χ3v) is 3.62. The Morgan fingerprint density at radius 1 is 1.50 bits per heavy atom. The fraction of sp³-hybridized carbons (Fsp3) is 0.455. The molecule has 22 heavy (non-hydrogen) atoms. The number of hydrogen-bond acceptors (Lipinski definition) is 7. The van der Waals surface area contributed by atoms with Crippen molar-refractivity contribution in [1.82, 2.24) is 0 Å². The molecule has 0 saturated carbocycles. The number of amides is 1. The molecule has 0 radical (unpaired) electrons. The van der Waals surface area contributed by atoms with Crippen molar-refractivity contribution in [2.75, 3.05) is 6.61 Å². The minimum absolute atomic E-state index is 0.159. The van der Waals surface area contributed by atoms with Crippen molar-refractivity contribution in [2.45, 2.75) is 24.5 Å². The summed E-state index contributed by atoms with van der Waals surface area (Å²) in [6.07, 6.45) is -2.31. The number of hydrogen-bond donors (Lipinski definition) is 4. The summed E-state index contributed by atoms with van der Waals surface area (Å²) in [4.78, 5) is 30.2. The van der Waals surface area contributed by atoms with Gasteiger partial charge in [-0.05, 0) is 6.07 Å². The van der Waals surface area contributed by atoms with Gasteiger partial charge in [-0.3, -0.25) is 9.36 Å². The number of carbonyl (C=O) groups is 1. The van der Waals surface area contributed by atoms with E-state index in [-0.39, 0.29) is 5.56 Å². The highest BCUT2D eigenvalue weighted by molar-refractivity contribution is 7.44. The second-order valence-corrected chi connectivity index (χ2v) is 5.91. The number of carbonyl (C=O) groups excluding carboxylic acids is 1.